The summed E-state index contributed by atoms with van der Waals surface area (Å²) in [5.41, 5.74) is 4.81. The zero-order valence-electron chi connectivity index (χ0n) is 19.1. The average Bonchev–Trinajstić information content (AvgIpc) is 2.86. The van der Waals surface area contributed by atoms with E-state index in [2.05, 4.69) is 17.1 Å². The van der Waals surface area contributed by atoms with E-state index < -0.39 is 6.04 Å². The van der Waals surface area contributed by atoms with Crippen molar-refractivity contribution < 1.29 is 14.3 Å². The van der Waals surface area contributed by atoms with Crippen LogP contribution in [0, 0.1) is 0 Å². The molecule has 0 spiro atoms. The molecule has 1 atom stereocenters. The van der Waals surface area contributed by atoms with Gasteiger partial charge in [0.05, 0.1) is 6.61 Å². The monoisotopic (exact) mass is 443 g/mol. The first-order valence-corrected chi connectivity index (χ1v) is 11.3. The fraction of sp³-hybridized carbons (Fsp3) is 0.296. The van der Waals surface area contributed by atoms with Gasteiger partial charge < -0.3 is 14.5 Å². The van der Waals surface area contributed by atoms with E-state index in [9.17, 15) is 9.59 Å². The molecule has 2 heterocycles. The molecule has 2 amide bonds. The summed E-state index contributed by atoms with van der Waals surface area (Å²) < 4.78 is 5.15. The molecule has 170 valence electrons. The average molecular weight is 444 g/mol. The molecule has 1 aliphatic rings. The first-order chi connectivity index (χ1) is 16.1. The number of hydrogen-bond acceptors (Lipinski definition) is 4. The van der Waals surface area contributed by atoms with Crippen LogP contribution >= 0.6 is 0 Å². The second-order valence-electron chi connectivity index (χ2n) is 8.20. The fourth-order valence-corrected chi connectivity index (χ4v) is 4.27. The lowest BCUT2D eigenvalue weighted by atomic mass is 9.97. The summed E-state index contributed by atoms with van der Waals surface area (Å²) in [6.07, 6.45) is 4.03. The molecule has 0 saturated carbocycles. The van der Waals surface area contributed by atoms with E-state index in [1.807, 2.05) is 60.4 Å². The molecule has 0 bridgehead atoms. The van der Waals surface area contributed by atoms with E-state index in [1.165, 1.54) is 0 Å². The molecular formula is C27H29N3O3. The molecule has 2 aromatic carbocycles. The van der Waals surface area contributed by atoms with E-state index in [0.717, 1.165) is 22.3 Å². The maximum Gasteiger partial charge on any atom is 0.254 e. The number of aromatic nitrogens is 1. The second kappa shape index (κ2) is 10.4. The van der Waals surface area contributed by atoms with Crippen LogP contribution in [0.1, 0.15) is 28.4 Å². The van der Waals surface area contributed by atoms with Gasteiger partial charge in [-0.2, -0.15) is 0 Å². The number of likely N-dealkylation sites (N-methyl/N-ethyl adjacent to an activating group) is 1. The van der Waals surface area contributed by atoms with E-state index in [4.69, 9.17) is 4.74 Å². The van der Waals surface area contributed by atoms with Crippen LogP contribution in [0.15, 0.2) is 73.1 Å². The summed E-state index contributed by atoms with van der Waals surface area (Å²) in [5, 5.41) is 0. The molecule has 1 aliphatic heterocycles. The first-order valence-electron chi connectivity index (χ1n) is 11.3. The van der Waals surface area contributed by atoms with Crippen molar-refractivity contribution >= 4 is 11.8 Å². The maximum absolute atomic E-state index is 13.4. The van der Waals surface area contributed by atoms with Crippen molar-refractivity contribution in [3.63, 3.8) is 0 Å². The van der Waals surface area contributed by atoms with Crippen LogP contribution in [0.3, 0.4) is 0 Å². The van der Waals surface area contributed by atoms with Crippen LogP contribution in [-0.4, -0.2) is 59.4 Å². The highest BCUT2D eigenvalue weighted by atomic mass is 16.5. The minimum Gasteiger partial charge on any atom is -0.380 e. The smallest absolute Gasteiger partial charge is 0.254 e. The number of carbonyl (C=O) groups is 2. The van der Waals surface area contributed by atoms with E-state index >= 15 is 0 Å². The van der Waals surface area contributed by atoms with Gasteiger partial charge in [-0.05, 0) is 53.4 Å². The van der Waals surface area contributed by atoms with Gasteiger partial charge in [0, 0.05) is 51.1 Å². The molecule has 1 fully saturated rings. The number of carbonyl (C=O) groups excluding carboxylic acids is 2. The van der Waals surface area contributed by atoms with Gasteiger partial charge in [0.1, 0.15) is 6.04 Å². The molecule has 0 N–H and O–H groups in total. The zero-order chi connectivity index (χ0) is 23.2. The Kier molecular flexibility index (Phi) is 7.15. The Morgan fingerprint density at radius 1 is 0.939 bits per heavy atom. The van der Waals surface area contributed by atoms with E-state index in [-0.39, 0.29) is 11.8 Å². The summed E-state index contributed by atoms with van der Waals surface area (Å²) >= 11 is 0. The van der Waals surface area contributed by atoms with Gasteiger partial charge >= 0.3 is 0 Å². The Balaban J connectivity index is 1.55. The Bertz CT molecular complexity index is 1080. The van der Waals surface area contributed by atoms with Crippen LogP contribution < -0.4 is 0 Å². The third-order valence-electron chi connectivity index (χ3n) is 6.13. The van der Waals surface area contributed by atoms with E-state index in [0.29, 0.717) is 38.2 Å². The van der Waals surface area contributed by atoms with Crippen molar-refractivity contribution in [2.24, 2.45) is 0 Å². The number of ether oxygens (including phenoxy) is 1. The van der Waals surface area contributed by atoms with Crippen LogP contribution in [0.2, 0.25) is 0 Å². The lowest BCUT2D eigenvalue weighted by Gasteiger charge is -2.40. The maximum atomic E-state index is 13.4. The summed E-state index contributed by atoms with van der Waals surface area (Å²) in [5.74, 6) is -0.104. The summed E-state index contributed by atoms with van der Waals surface area (Å²) in [4.78, 5) is 34.2. The number of pyridine rings is 1. The molecule has 0 aliphatic carbocycles. The predicted octanol–water partition coefficient (Wildman–Crippen LogP) is 3.81. The summed E-state index contributed by atoms with van der Waals surface area (Å²) in [6, 6.07) is 19.0. The molecule has 0 radical (unpaired) electrons. The van der Waals surface area contributed by atoms with Crippen molar-refractivity contribution in [1.29, 1.82) is 0 Å². The van der Waals surface area contributed by atoms with Crippen molar-refractivity contribution in [3.8, 4) is 11.1 Å². The highest BCUT2D eigenvalue weighted by molar-refractivity contribution is 5.98. The van der Waals surface area contributed by atoms with Crippen LogP contribution in [0.4, 0.5) is 0 Å². The lowest BCUT2D eigenvalue weighted by Crippen LogP contribution is -2.59. The largest absolute Gasteiger partial charge is 0.380 e. The minimum atomic E-state index is -0.517. The molecular weight excluding hydrogens is 414 g/mol. The molecule has 1 aromatic heterocycles. The van der Waals surface area contributed by atoms with Crippen molar-refractivity contribution in [2.45, 2.75) is 26.0 Å². The first kappa shape index (κ1) is 22.7. The number of piperazine rings is 1. The van der Waals surface area contributed by atoms with Gasteiger partial charge in [0.25, 0.3) is 5.91 Å². The molecule has 3 aromatic rings. The van der Waals surface area contributed by atoms with Gasteiger partial charge in [-0.3, -0.25) is 14.6 Å². The molecule has 1 unspecified atom stereocenters. The third-order valence-corrected chi connectivity index (χ3v) is 6.13. The molecule has 1 saturated heterocycles. The normalized spacial score (nSPS) is 16.2. The number of methoxy groups -OCH3 is 1. The number of hydrogen-bond donors (Lipinski definition) is 0. The summed E-state index contributed by atoms with van der Waals surface area (Å²) in [6.45, 7) is 4.20. The van der Waals surface area contributed by atoms with Crippen molar-refractivity contribution in [3.05, 3.63) is 89.7 Å². The van der Waals surface area contributed by atoms with E-state index in [1.54, 1.807) is 24.4 Å². The van der Waals surface area contributed by atoms with Gasteiger partial charge in [-0.1, -0.05) is 36.4 Å². The van der Waals surface area contributed by atoms with Crippen LogP contribution in [0.5, 0.6) is 0 Å². The fourth-order valence-electron chi connectivity index (χ4n) is 4.27. The number of rotatable bonds is 7. The number of benzene rings is 2. The predicted molar refractivity (Wildman–Crippen MR) is 128 cm³/mol. The molecule has 6 nitrogen and oxygen atoms in total. The zero-order valence-corrected chi connectivity index (χ0v) is 19.1. The second-order valence-corrected chi connectivity index (χ2v) is 8.20. The number of amides is 2. The Morgan fingerprint density at radius 3 is 2.21 bits per heavy atom. The van der Waals surface area contributed by atoms with Crippen LogP contribution in [-0.2, 0) is 22.6 Å². The number of nitrogens with zero attached hydrogens (tertiary/aromatic N) is 3. The Morgan fingerprint density at radius 2 is 1.58 bits per heavy atom. The van der Waals surface area contributed by atoms with Gasteiger partial charge in [0.2, 0.25) is 5.91 Å². The highest BCUT2D eigenvalue weighted by Gasteiger charge is 2.37. The van der Waals surface area contributed by atoms with Crippen molar-refractivity contribution in [2.75, 3.05) is 26.7 Å². The van der Waals surface area contributed by atoms with Gasteiger partial charge in [-0.25, -0.2) is 0 Å². The molecule has 6 heteroatoms. The molecule has 4 rings (SSSR count). The Labute approximate surface area is 194 Å². The topological polar surface area (TPSA) is 62.7 Å². The Hall–Kier alpha value is -3.51. The quantitative estimate of drug-likeness (QED) is 0.557. The van der Waals surface area contributed by atoms with Crippen molar-refractivity contribution in [1.82, 2.24) is 14.8 Å². The minimum absolute atomic E-state index is 0.00585. The van der Waals surface area contributed by atoms with Crippen LogP contribution in [0.25, 0.3) is 11.1 Å². The van der Waals surface area contributed by atoms with Gasteiger partial charge in [0.15, 0.2) is 0 Å². The lowest BCUT2D eigenvalue weighted by molar-refractivity contribution is -0.139. The SMILES string of the molecule is CCN1CCN(C(=O)c2ccc(COC)cc2)C(Cc2ccc(-c3ccncc3)cc2)C1=O. The third kappa shape index (κ3) is 5.12. The summed E-state index contributed by atoms with van der Waals surface area (Å²) in [7, 11) is 1.64. The molecule has 33 heavy (non-hydrogen) atoms. The standard InChI is InChI=1S/C27H29N3O3/c1-3-29-16-17-30(26(31)24-10-6-21(7-11-24)19-33-2)25(27(29)32)18-20-4-8-22(9-5-20)23-12-14-28-15-13-23/h4-15,25H,3,16-19H2,1-2H3. The highest BCUT2D eigenvalue weighted by Crippen LogP contribution is 2.23. The van der Waals surface area contributed by atoms with Gasteiger partial charge in [-0.15, -0.1) is 0 Å².